The third kappa shape index (κ3) is 4.50. The van der Waals surface area contributed by atoms with Crippen LogP contribution in [0.4, 0.5) is 0 Å². The van der Waals surface area contributed by atoms with Gasteiger partial charge >= 0.3 is 5.63 Å². The standard InChI is InChI=1S/C19H20N2O5/c1-13-9-16(10-18(23)25-13)26-15-7-8-21(12-15)17(22)11-20-19(24)14-5-3-2-4-6-14/h2-6,9-10,15H,7-8,11-12H2,1H3,(H,20,24). The number of aryl methyl sites for hydroxylation is 1. The lowest BCUT2D eigenvalue weighted by molar-refractivity contribution is -0.129. The number of nitrogens with one attached hydrogen (secondary N) is 1. The van der Waals surface area contributed by atoms with E-state index < -0.39 is 5.63 Å². The Morgan fingerprint density at radius 3 is 2.77 bits per heavy atom. The highest BCUT2D eigenvalue weighted by Gasteiger charge is 2.27. The summed E-state index contributed by atoms with van der Waals surface area (Å²) in [5.74, 6) is 0.471. The van der Waals surface area contributed by atoms with E-state index in [4.69, 9.17) is 9.15 Å². The van der Waals surface area contributed by atoms with Crippen LogP contribution in [0.1, 0.15) is 22.5 Å². The molecule has 3 rings (SSSR count). The first-order valence-electron chi connectivity index (χ1n) is 8.41. The predicted octanol–water partition coefficient (Wildman–Crippen LogP) is 1.36. The monoisotopic (exact) mass is 356 g/mol. The number of carbonyl (C=O) groups is 2. The van der Waals surface area contributed by atoms with Gasteiger partial charge in [0.05, 0.1) is 19.2 Å². The van der Waals surface area contributed by atoms with Gasteiger partial charge in [-0.1, -0.05) is 18.2 Å². The third-order valence-corrected chi connectivity index (χ3v) is 4.10. The molecule has 26 heavy (non-hydrogen) atoms. The van der Waals surface area contributed by atoms with Gasteiger partial charge in [-0.2, -0.15) is 0 Å². The molecule has 2 aromatic rings. The number of hydrogen-bond donors (Lipinski definition) is 1. The Labute approximate surface area is 150 Å². The van der Waals surface area contributed by atoms with Gasteiger partial charge in [0.25, 0.3) is 5.91 Å². The Kier molecular flexibility index (Phi) is 5.36. The summed E-state index contributed by atoms with van der Waals surface area (Å²) in [6.45, 7) is 2.58. The summed E-state index contributed by atoms with van der Waals surface area (Å²) in [6.07, 6.45) is 0.474. The highest BCUT2D eigenvalue weighted by atomic mass is 16.5. The number of ether oxygens (including phenoxy) is 1. The van der Waals surface area contributed by atoms with Crippen LogP contribution in [0.25, 0.3) is 0 Å². The minimum Gasteiger partial charge on any atom is -0.488 e. The molecular weight excluding hydrogens is 336 g/mol. The Hall–Kier alpha value is -3.09. The molecule has 1 aliphatic rings. The zero-order valence-corrected chi connectivity index (χ0v) is 14.4. The van der Waals surface area contributed by atoms with Crippen molar-refractivity contribution in [2.24, 2.45) is 0 Å². The molecule has 0 radical (unpaired) electrons. The maximum atomic E-state index is 12.3. The lowest BCUT2D eigenvalue weighted by atomic mass is 10.2. The Balaban J connectivity index is 1.49. The van der Waals surface area contributed by atoms with Crippen molar-refractivity contribution in [2.75, 3.05) is 19.6 Å². The number of nitrogens with zero attached hydrogens (tertiary/aromatic N) is 1. The zero-order chi connectivity index (χ0) is 18.5. The van der Waals surface area contributed by atoms with Gasteiger partial charge in [-0.3, -0.25) is 9.59 Å². The second kappa shape index (κ2) is 7.86. The average molecular weight is 356 g/mol. The van der Waals surface area contributed by atoms with Crippen LogP contribution in [0.5, 0.6) is 5.75 Å². The van der Waals surface area contributed by atoms with Gasteiger partial charge in [0, 0.05) is 24.6 Å². The molecule has 1 N–H and O–H groups in total. The summed E-state index contributed by atoms with van der Waals surface area (Å²) in [5, 5.41) is 2.63. The van der Waals surface area contributed by atoms with Gasteiger partial charge in [-0.15, -0.1) is 0 Å². The Morgan fingerprint density at radius 1 is 1.27 bits per heavy atom. The van der Waals surface area contributed by atoms with Crippen LogP contribution in [0.3, 0.4) is 0 Å². The fraction of sp³-hybridized carbons (Fsp3) is 0.316. The third-order valence-electron chi connectivity index (χ3n) is 4.10. The quantitative estimate of drug-likeness (QED) is 0.874. The Morgan fingerprint density at radius 2 is 2.04 bits per heavy atom. The second-order valence-corrected chi connectivity index (χ2v) is 6.14. The maximum Gasteiger partial charge on any atom is 0.339 e. The lowest BCUT2D eigenvalue weighted by Crippen LogP contribution is -2.39. The summed E-state index contributed by atoms with van der Waals surface area (Å²) in [7, 11) is 0. The molecule has 1 unspecified atom stereocenters. The van der Waals surface area contributed by atoms with Crippen LogP contribution in [0.2, 0.25) is 0 Å². The molecule has 7 heteroatoms. The highest BCUT2D eigenvalue weighted by Crippen LogP contribution is 2.18. The van der Waals surface area contributed by atoms with Crippen LogP contribution < -0.4 is 15.7 Å². The number of benzene rings is 1. The molecule has 0 spiro atoms. The summed E-state index contributed by atoms with van der Waals surface area (Å²) in [4.78, 5) is 37.3. The molecule has 0 bridgehead atoms. The molecule has 7 nitrogen and oxygen atoms in total. The fourth-order valence-corrected chi connectivity index (χ4v) is 2.85. The fourth-order valence-electron chi connectivity index (χ4n) is 2.85. The first-order chi connectivity index (χ1) is 12.5. The molecule has 2 heterocycles. The van der Waals surface area contributed by atoms with E-state index >= 15 is 0 Å². The molecule has 1 aliphatic heterocycles. The van der Waals surface area contributed by atoms with Crippen molar-refractivity contribution in [3.05, 3.63) is 64.2 Å². The maximum absolute atomic E-state index is 12.3. The van der Waals surface area contributed by atoms with Crippen LogP contribution in [-0.2, 0) is 4.79 Å². The van der Waals surface area contributed by atoms with Gasteiger partial charge in [0.15, 0.2) is 0 Å². The van der Waals surface area contributed by atoms with Gasteiger partial charge in [0.2, 0.25) is 5.91 Å². The van der Waals surface area contributed by atoms with E-state index in [2.05, 4.69) is 5.32 Å². The molecule has 2 amide bonds. The lowest BCUT2D eigenvalue weighted by Gasteiger charge is -2.17. The summed E-state index contributed by atoms with van der Waals surface area (Å²) < 4.78 is 10.7. The first kappa shape index (κ1) is 17.7. The molecule has 0 aliphatic carbocycles. The van der Waals surface area contributed by atoms with E-state index in [-0.39, 0.29) is 24.5 Å². The minimum absolute atomic E-state index is 0.0610. The Bertz CT molecular complexity index is 847. The van der Waals surface area contributed by atoms with Crippen molar-refractivity contribution in [1.82, 2.24) is 10.2 Å². The molecule has 1 fully saturated rings. The molecule has 0 saturated carbocycles. The van der Waals surface area contributed by atoms with E-state index in [0.717, 1.165) is 0 Å². The average Bonchev–Trinajstić information content (AvgIpc) is 3.07. The van der Waals surface area contributed by atoms with Crippen LogP contribution in [0.15, 0.2) is 51.7 Å². The first-order valence-corrected chi connectivity index (χ1v) is 8.41. The summed E-state index contributed by atoms with van der Waals surface area (Å²) in [5.41, 5.74) is 0.0516. The van der Waals surface area contributed by atoms with E-state index in [9.17, 15) is 14.4 Å². The number of likely N-dealkylation sites (tertiary alicyclic amines) is 1. The molecule has 1 atom stereocenters. The number of amides is 2. The molecule has 1 saturated heterocycles. The van der Waals surface area contributed by atoms with Gasteiger partial charge in [-0.05, 0) is 19.1 Å². The second-order valence-electron chi connectivity index (χ2n) is 6.14. The smallest absolute Gasteiger partial charge is 0.339 e. The molecule has 1 aromatic heterocycles. The molecular formula is C19H20N2O5. The van der Waals surface area contributed by atoms with Gasteiger partial charge < -0.3 is 19.4 Å². The van der Waals surface area contributed by atoms with Gasteiger partial charge in [0.1, 0.15) is 17.6 Å². The summed E-state index contributed by atoms with van der Waals surface area (Å²) in [6, 6.07) is 11.7. The topological polar surface area (TPSA) is 88.9 Å². The number of hydrogen-bond acceptors (Lipinski definition) is 5. The van der Waals surface area contributed by atoms with Crippen molar-refractivity contribution < 1.29 is 18.7 Å². The van der Waals surface area contributed by atoms with E-state index in [1.54, 1.807) is 42.2 Å². The van der Waals surface area contributed by atoms with E-state index in [0.29, 0.717) is 36.6 Å². The minimum atomic E-state index is -0.463. The van der Waals surface area contributed by atoms with Crippen molar-refractivity contribution in [3.63, 3.8) is 0 Å². The summed E-state index contributed by atoms with van der Waals surface area (Å²) >= 11 is 0. The normalized spacial score (nSPS) is 16.3. The SMILES string of the molecule is Cc1cc(OC2CCN(C(=O)CNC(=O)c3ccccc3)C2)cc(=O)o1. The van der Waals surface area contributed by atoms with Crippen molar-refractivity contribution in [3.8, 4) is 5.75 Å². The van der Waals surface area contributed by atoms with Crippen LogP contribution in [-0.4, -0.2) is 42.5 Å². The number of rotatable bonds is 5. The van der Waals surface area contributed by atoms with Gasteiger partial charge in [-0.25, -0.2) is 4.79 Å². The molecule has 136 valence electrons. The van der Waals surface area contributed by atoms with Crippen LogP contribution in [0, 0.1) is 6.92 Å². The predicted molar refractivity (Wildman–Crippen MR) is 94.1 cm³/mol. The highest BCUT2D eigenvalue weighted by molar-refractivity contribution is 5.96. The largest absolute Gasteiger partial charge is 0.488 e. The zero-order valence-electron chi connectivity index (χ0n) is 14.4. The number of carbonyl (C=O) groups excluding carboxylic acids is 2. The van der Waals surface area contributed by atoms with Crippen molar-refractivity contribution >= 4 is 11.8 Å². The van der Waals surface area contributed by atoms with Crippen molar-refractivity contribution in [1.29, 1.82) is 0 Å². The molecule has 1 aromatic carbocycles. The van der Waals surface area contributed by atoms with E-state index in [1.807, 2.05) is 6.07 Å². The van der Waals surface area contributed by atoms with Crippen molar-refractivity contribution in [2.45, 2.75) is 19.4 Å². The van der Waals surface area contributed by atoms with Crippen LogP contribution >= 0.6 is 0 Å². The van der Waals surface area contributed by atoms with E-state index in [1.165, 1.54) is 6.07 Å².